The maximum absolute atomic E-state index is 6.13. The topological polar surface area (TPSA) is 24.0 Å². The number of imidazole rings is 1. The molecule has 0 saturated carbocycles. The molecule has 1 saturated heterocycles. The van der Waals surface area contributed by atoms with Crippen LogP contribution in [-0.4, -0.2) is 34.6 Å². The van der Waals surface area contributed by atoms with Crippen molar-refractivity contribution in [3.8, 4) is 0 Å². The molecule has 0 amide bonds. The van der Waals surface area contributed by atoms with Gasteiger partial charge < -0.3 is 14.5 Å². The van der Waals surface area contributed by atoms with Crippen molar-refractivity contribution >= 4 is 46.5 Å². The van der Waals surface area contributed by atoms with Crippen LogP contribution in [0.5, 0.6) is 0 Å². The van der Waals surface area contributed by atoms with Crippen LogP contribution in [-0.2, 0) is 0 Å². The van der Waals surface area contributed by atoms with E-state index in [9.17, 15) is 0 Å². The third kappa shape index (κ3) is 2.42. The summed E-state index contributed by atoms with van der Waals surface area (Å²) in [4.78, 5) is 5.56. The molecule has 0 spiro atoms. The lowest BCUT2D eigenvalue weighted by Gasteiger charge is -2.30. The maximum atomic E-state index is 6.13. The highest BCUT2D eigenvalue weighted by Gasteiger charge is 2.21. The fraction of sp³-hybridized carbons (Fsp3) is 0.462. The average molecular weight is 316 g/mol. The zero-order valence-corrected chi connectivity index (χ0v) is 12.9. The second-order valence-electron chi connectivity index (χ2n) is 5.14. The fourth-order valence-corrected chi connectivity index (χ4v) is 3.51. The number of nitrogens with zero attached hydrogens (tertiary/aromatic N) is 2. The van der Waals surface area contributed by atoms with Gasteiger partial charge in [0.1, 0.15) is 0 Å². The minimum absolute atomic E-state index is 0.400. The maximum Gasteiger partial charge on any atom is 0.178 e. The van der Waals surface area contributed by atoms with E-state index in [4.69, 9.17) is 35.4 Å². The molecule has 1 aliphatic rings. The third-order valence-corrected chi connectivity index (χ3v) is 4.74. The van der Waals surface area contributed by atoms with E-state index in [1.165, 1.54) is 6.42 Å². The van der Waals surface area contributed by atoms with E-state index in [0.29, 0.717) is 16.1 Å². The number of piperidine rings is 1. The largest absolute Gasteiger partial charge is 0.331 e. The highest BCUT2D eigenvalue weighted by atomic mass is 35.5. The molecule has 1 aliphatic heterocycles. The van der Waals surface area contributed by atoms with E-state index in [1.807, 2.05) is 12.1 Å². The first-order valence-electron chi connectivity index (χ1n) is 6.34. The monoisotopic (exact) mass is 315 g/mol. The number of H-pyrrole nitrogens is 1. The molecule has 1 N–H and O–H groups in total. The first kappa shape index (κ1) is 13.4. The summed E-state index contributed by atoms with van der Waals surface area (Å²) in [6, 6.07) is 4.15. The Bertz CT molecular complexity index is 676. The Morgan fingerprint density at radius 2 is 2.05 bits per heavy atom. The molecule has 102 valence electrons. The second kappa shape index (κ2) is 5.09. The molecule has 19 heavy (non-hydrogen) atoms. The summed E-state index contributed by atoms with van der Waals surface area (Å²) in [6.07, 6.45) is 2.34. The molecule has 2 heterocycles. The van der Waals surface area contributed by atoms with E-state index in [1.54, 1.807) is 0 Å². The molecule has 0 bridgehead atoms. The van der Waals surface area contributed by atoms with Crippen LogP contribution >= 0.6 is 35.4 Å². The molecule has 0 radical (unpaired) electrons. The minimum Gasteiger partial charge on any atom is -0.331 e. The molecule has 2 aromatic rings. The Morgan fingerprint density at radius 1 is 1.32 bits per heavy atom. The molecule has 1 aromatic heterocycles. The van der Waals surface area contributed by atoms with E-state index < -0.39 is 0 Å². The van der Waals surface area contributed by atoms with Crippen molar-refractivity contribution in [1.29, 1.82) is 0 Å². The SMILES string of the molecule is CN1CCCC(n2c(=S)[nH]c3cc(Cl)c(Cl)cc32)C1. The van der Waals surface area contributed by atoms with Crippen molar-refractivity contribution in [2.24, 2.45) is 0 Å². The fourth-order valence-electron chi connectivity index (χ4n) is 2.83. The van der Waals surface area contributed by atoms with Crippen molar-refractivity contribution in [2.45, 2.75) is 18.9 Å². The molecule has 1 unspecified atom stereocenters. The second-order valence-corrected chi connectivity index (χ2v) is 6.34. The van der Waals surface area contributed by atoms with Gasteiger partial charge in [0.15, 0.2) is 4.77 Å². The number of hydrogen-bond donors (Lipinski definition) is 1. The number of benzene rings is 1. The smallest absolute Gasteiger partial charge is 0.178 e. The first-order valence-corrected chi connectivity index (χ1v) is 7.50. The van der Waals surface area contributed by atoms with Crippen LogP contribution in [0.1, 0.15) is 18.9 Å². The van der Waals surface area contributed by atoms with Crippen LogP contribution in [0.2, 0.25) is 10.0 Å². The lowest BCUT2D eigenvalue weighted by atomic mass is 10.1. The molecule has 1 atom stereocenters. The van der Waals surface area contributed by atoms with Crippen LogP contribution in [0.4, 0.5) is 0 Å². The highest BCUT2D eigenvalue weighted by molar-refractivity contribution is 7.71. The van der Waals surface area contributed by atoms with E-state index in [-0.39, 0.29) is 0 Å². The molecular weight excluding hydrogens is 301 g/mol. The lowest BCUT2D eigenvalue weighted by molar-refractivity contribution is 0.214. The van der Waals surface area contributed by atoms with Crippen molar-refractivity contribution in [3.63, 3.8) is 0 Å². The number of likely N-dealkylation sites (N-methyl/N-ethyl adjacent to an activating group) is 1. The Labute approximate surface area is 127 Å². The molecule has 6 heteroatoms. The number of nitrogens with one attached hydrogen (secondary N) is 1. The van der Waals surface area contributed by atoms with Crippen LogP contribution in [0.3, 0.4) is 0 Å². The predicted molar refractivity (Wildman–Crippen MR) is 82.9 cm³/mol. The number of rotatable bonds is 1. The van der Waals surface area contributed by atoms with Gasteiger partial charge in [-0.1, -0.05) is 23.2 Å². The molecule has 3 nitrogen and oxygen atoms in total. The Morgan fingerprint density at radius 3 is 2.79 bits per heavy atom. The lowest BCUT2D eigenvalue weighted by Crippen LogP contribution is -2.33. The standard InChI is InChI=1S/C13H15Cl2N3S/c1-17-4-2-3-8(7-17)18-12-6-10(15)9(14)5-11(12)16-13(18)19/h5-6,8H,2-4,7H2,1H3,(H,16,19). The number of likely N-dealkylation sites (tertiary alicyclic amines) is 1. The van der Waals surface area contributed by atoms with E-state index >= 15 is 0 Å². The summed E-state index contributed by atoms with van der Waals surface area (Å²) in [5.41, 5.74) is 1.99. The number of fused-ring (bicyclic) bond motifs is 1. The van der Waals surface area contributed by atoms with Gasteiger partial charge in [-0.2, -0.15) is 0 Å². The van der Waals surface area contributed by atoms with Gasteiger partial charge in [0, 0.05) is 12.6 Å². The van der Waals surface area contributed by atoms with Gasteiger partial charge in [-0.15, -0.1) is 0 Å². The average Bonchev–Trinajstić information content (AvgIpc) is 2.65. The van der Waals surface area contributed by atoms with Gasteiger partial charge in [0.2, 0.25) is 0 Å². The highest BCUT2D eigenvalue weighted by Crippen LogP contribution is 2.31. The molecular formula is C13H15Cl2N3S. The summed E-state index contributed by atoms with van der Waals surface area (Å²) in [7, 11) is 2.15. The zero-order valence-electron chi connectivity index (χ0n) is 10.6. The van der Waals surface area contributed by atoms with Crippen LogP contribution in [0.25, 0.3) is 11.0 Å². The van der Waals surface area contributed by atoms with Gasteiger partial charge in [-0.3, -0.25) is 0 Å². The third-order valence-electron chi connectivity index (χ3n) is 3.72. The van der Waals surface area contributed by atoms with Gasteiger partial charge >= 0.3 is 0 Å². The summed E-state index contributed by atoms with van der Waals surface area (Å²) in [5.74, 6) is 0. The Balaban J connectivity index is 2.14. The summed E-state index contributed by atoms with van der Waals surface area (Å²) >= 11 is 17.6. The minimum atomic E-state index is 0.400. The Hall–Kier alpha value is -0.550. The van der Waals surface area contributed by atoms with Gasteiger partial charge in [0.05, 0.1) is 21.1 Å². The van der Waals surface area contributed by atoms with Crippen molar-refractivity contribution in [2.75, 3.05) is 20.1 Å². The van der Waals surface area contributed by atoms with Crippen LogP contribution in [0, 0.1) is 4.77 Å². The van der Waals surface area contributed by atoms with E-state index in [2.05, 4.69) is 21.5 Å². The number of aromatic nitrogens is 2. The van der Waals surface area contributed by atoms with Gasteiger partial charge in [0.25, 0.3) is 0 Å². The summed E-state index contributed by atoms with van der Waals surface area (Å²) in [5, 5.41) is 1.12. The van der Waals surface area contributed by atoms with Crippen LogP contribution < -0.4 is 0 Å². The van der Waals surface area contributed by atoms with Crippen molar-refractivity contribution < 1.29 is 0 Å². The van der Waals surface area contributed by atoms with Crippen LogP contribution in [0.15, 0.2) is 12.1 Å². The number of hydrogen-bond acceptors (Lipinski definition) is 2. The Kier molecular flexibility index (Phi) is 3.60. The summed E-state index contributed by atoms with van der Waals surface area (Å²) < 4.78 is 2.93. The van der Waals surface area contributed by atoms with Crippen molar-refractivity contribution in [3.05, 3.63) is 26.9 Å². The number of aromatic amines is 1. The van der Waals surface area contributed by atoms with Gasteiger partial charge in [-0.25, -0.2) is 0 Å². The first-order chi connectivity index (χ1) is 9.06. The molecule has 1 aromatic carbocycles. The molecule has 0 aliphatic carbocycles. The van der Waals surface area contributed by atoms with Gasteiger partial charge in [-0.05, 0) is 50.8 Å². The quantitative estimate of drug-likeness (QED) is 0.794. The van der Waals surface area contributed by atoms with E-state index in [0.717, 1.165) is 35.3 Å². The van der Waals surface area contributed by atoms with Crippen molar-refractivity contribution in [1.82, 2.24) is 14.5 Å². The molecule has 1 fully saturated rings. The normalized spacial score (nSPS) is 21.1. The summed E-state index contributed by atoms with van der Waals surface area (Å²) in [6.45, 7) is 2.17. The number of halogens is 2. The zero-order chi connectivity index (χ0) is 13.6. The predicted octanol–water partition coefficient (Wildman–Crippen LogP) is 4.27. The molecule has 3 rings (SSSR count).